The van der Waals surface area contributed by atoms with Crippen LogP contribution in [-0.2, 0) is 9.53 Å². The lowest BCUT2D eigenvalue weighted by Gasteiger charge is -1.73. The molecule has 11 heavy (non-hydrogen) atoms. The first-order valence-corrected chi connectivity index (χ1v) is 3.80. The molecule has 1 aromatic rings. The van der Waals surface area contributed by atoms with Crippen LogP contribution in [0.15, 0.2) is 12.1 Å². The van der Waals surface area contributed by atoms with Crippen LogP contribution < -0.4 is 5.73 Å². The topological polar surface area (TPSA) is 52.3 Å². The summed E-state index contributed by atoms with van der Waals surface area (Å²) in [6.07, 6.45) is 0. The molecule has 0 aliphatic carbocycles. The number of rotatable bonds is 1. The number of ether oxygens (including phenoxy) is 1. The Morgan fingerprint density at radius 2 is 2.18 bits per heavy atom. The van der Waals surface area contributed by atoms with E-state index < -0.39 is 0 Å². The first-order valence-electron chi connectivity index (χ1n) is 2.99. The maximum atomic E-state index is 8.95. The van der Waals surface area contributed by atoms with Crippen LogP contribution >= 0.6 is 11.3 Å². The molecule has 4 heteroatoms. The number of anilines is 1. The molecule has 0 saturated carbocycles. The Balaban J connectivity index is 0.000000218. The third kappa shape index (κ3) is 5.42. The summed E-state index contributed by atoms with van der Waals surface area (Å²) in [4.78, 5) is 10.2. The average Bonchev–Trinajstić information content (AvgIpc) is 2.35. The zero-order valence-corrected chi connectivity index (χ0v) is 7.35. The van der Waals surface area contributed by atoms with Crippen LogP contribution in [0.4, 0.5) is 5.00 Å². The van der Waals surface area contributed by atoms with E-state index in [1.807, 2.05) is 19.1 Å². The average molecular weight is 173 g/mol. The van der Waals surface area contributed by atoms with Crippen LogP contribution in [0, 0.1) is 6.92 Å². The van der Waals surface area contributed by atoms with Gasteiger partial charge in [-0.2, -0.15) is 0 Å². The summed E-state index contributed by atoms with van der Waals surface area (Å²) in [5.74, 6) is 0. The van der Waals surface area contributed by atoms with E-state index in [1.165, 1.54) is 12.0 Å². The molecule has 1 rings (SSSR count). The van der Waals surface area contributed by atoms with Gasteiger partial charge in [0.15, 0.2) is 0 Å². The number of carbonyl (C=O) groups is 1. The van der Waals surface area contributed by atoms with Crippen molar-refractivity contribution in [2.24, 2.45) is 0 Å². The molecule has 0 aliphatic rings. The summed E-state index contributed by atoms with van der Waals surface area (Å²) >= 11 is 1.62. The maximum Gasteiger partial charge on any atom is 0.292 e. The molecular formula is C7H11NO2S. The lowest BCUT2D eigenvalue weighted by molar-refractivity contribution is -0.126. The third-order valence-electron chi connectivity index (χ3n) is 0.857. The van der Waals surface area contributed by atoms with Crippen molar-refractivity contribution >= 4 is 22.8 Å². The molecule has 0 aromatic carbocycles. The molecule has 3 nitrogen and oxygen atoms in total. The van der Waals surface area contributed by atoms with E-state index in [4.69, 9.17) is 10.5 Å². The van der Waals surface area contributed by atoms with E-state index >= 15 is 0 Å². The summed E-state index contributed by atoms with van der Waals surface area (Å²) in [6, 6.07) is 3.93. The van der Waals surface area contributed by atoms with Gasteiger partial charge in [0, 0.05) is 4.88 Å². The molecule has 0 atom stereocenters. The Labute approximate surface area is 69.8 Å². The van der Waals surface area contributed by atoms with Crippen molar-refractivity contribution in [2.75, 3.05) is 12.8 Å². The van der Waals surface area contributed by atoms with Gasteiger partial charge in [-0.15, -0.1) is 11.3 Å². The summed E-state index contributed by atoms with van der Waals surface area (Å²) < 4.78 is 3.86. The van der Waals surface area contributed by atoms with Crippen LogP contribution in [0.25, 0.3) is 0 Å². The molecule has 0 unspecified atom stereocenters. The van der Waals surface area contributed by atoms with Crippen molar-refractivity contribution in [1.29, 1.82) is 0 Å². The zero-order valence-electron chi connectivity index (χ0n) is 6.53. The summed E-state index contributed by atoms with van der Waals surface area (Å²) in [5.41, 5.74) is 5.40. The molecule has 0 bridgehead atoms. The number of hydrogen-bond donors (Lipinski definition) is 1. The molecule has 0 aliphatic heterocycles. The largest absolute Gasteiger partial charge is 0.471 e. The first kappa shape index (κ1) is 9.97. The fourth-order valence-electron chi connectivity index (χ4n) is 0.453. The van der Waals surface area contributed by atoms with Crippen molar-refractivity contribution in [1.82, 2.24) is 0 Å². The highest BCUT2D eigenvalue weighted by Gasteiger charge is 1.85. The standard InChI is InChI=1S/C5H7NS.C2H4O2/c1-4-2-3-5(6)7-4;1-4-2-3/h2-3H,6H2,1H3;2H,1H3. The lowest BCUT2D eigenvalue weighted by Crippen LogP contribution is -1.72. The number of methoxy groups -OCH3 is 1. The third-order valence-corrected chi connectivity index (χ3v) is 1.69. The highest BCUT2D eigenvalue weighted by atomic mass is 32.1. The van der Waals surface area contributed by atoms with Gasteiger partial charge >= 0.3 is 0 Å². The zero-order chi connectivity index (χ0) is 8.69. The highest BCUT2D eigenvalue weighted by molar-refractivity contribution is 7.15. The quantitative estimate of drug-likeness (QED) is 0.653. The minimum absolute atomic E-state index is 0.375. The Kier molecular flexibility index (Phi) is 5.20. The van der Waals surface area contributed by atoms with E-state index in [0.29, 0.717) is 6.47 Å². The summed E-state index contributed by atoms with van der Waals surface area (Å²) in [6.45, 7) is 2.42. The predicted molar refractivity (Wildman–Crippen MR) is 46.5 cm³/mol. The van der Waals surface area contributed by atoms with E-state index in [2.05, 4.69) is 4.74 Å². The Hall–Kier alpha value is -1.03. The van der Waals surface area contributed by atoms with E-state index in [1.54, 1.807) is 11.3 Å². The molecule has 62 valence electrons. The molecule has 0 spiro atoms. The van der Waals surface area contributed by atoms with Crippen molar-refractivity contribution in [2.45, 2.75) is 6.92 Å². The summed E-state index contributed by atoms with van der Waals surface area (Å²) in [5, 5.41) is 0.900. The van der Waals surface area contributed by atoms with Crippen molar-refractivity contribution in [3.8, 4) is 0 Å². The van der Waals surface area contributed by atoms with Gasteiger partial charge in [0.25, 0.3) is 6.47 Å². The smallest absolute Gasteiger partial charge is 0.292 e. The molecular weight excluding hydrogens is 162 g/mol. The Morgan fingerprint density at radius 3 is 2.27 bits per heavy atom. The Bertz CT molecular complexity index is 193. The van der Waals surface area contributed by atoms with Gasteiger partial charge in [0.05, 0.1) is 12.1 Å². The number of carbonyl (C=O) groups excluding carboxylic acids is 1. The van der Waals surface area contributed by atoms with Crippen molar-refractivity contribution < 1.29 is 9.53 Å². The van der Waals surface area contributed by atoms with Gasteiger partial charge in [-0.3, -0.25) is 4.79 Å². The van der Waals surface area contributed by atoms with Crippen molar-refractivity contribution in [3.63, 3.8) is 0 Å². The molecule has 1 aromatic heterocycles. The van der Waals surface area contributed by atoms with Crippen LogP contribution in [0.2, 0.25) is 0 Å². The highest BCUT2D eigenvalue weighted by Crippen LogP contribution is 2.15. The summed E-state index contributed by atoms with van der Waals surface area (Å²) in [7, 11) is 1.31. The first-order chi connectivity index (χ1) is 5.20. The molecule has 1 heterocycles. The van der Waals surface area contributed by atoms with E-state index in [0.717, 1.165) is 5.00 Å². The molecule has 0 amide bonds. The second kappa shape index (κ2) is 5.73. The van der Waals surface area contributed by atoms with Crippen LogP contribution in [0.1, 0.15) is 4.88 Å². The number of nitrogen functional groups attached to an aromatic ring is 1. The van der Waals surface area contributed by atoms with Crippen molar-refractivity contribution in [3.05, 3.63) is 17.0 Å². The second-order valence-corrected chi connectivity index (χ2v) is 3.10. The van der Waals surface area contributed by atoms with E-state index in [9.17, 15) is 0 Å². The van der Waals surface area contributed by atoms with Gasteiger partial charge < -0.3 is 10.5 Å². The molecule has 2 N–H and O–H groups in total. The number of aryl methyl sites for hydroxylation is 1. The van der Waals surface area contributed by atoms with Gasteiger partial charge in [-0.05, 0) is 19.1 Å². The van der Waals surface area contributed by atoms with Gasteiger partial charge in [0.1, 0.15) is 0 Å². The molecule has 0 radical (unpaired) electrons. The SMILES string of the molecule is COC=O.Cc1ccc(N)s1. The normalized spacial score (nSPS) is 7.82. The van der Waals surface area contributed by atoms with E-state index in [-0.39, 0.29) is 0 Å². The molecule has 0 fully saturated rings. The number of thiophene rings is 1. The second-order valence-electron chi connectivity index (χ2n) is 1.78. The van der Waals surface area contributed by atoms with Crippen LogP contribution in [0.5, 0.6) is 0 Å². The molecule has 0 saturated heterocycles. The van der Waals surface area contributed by atoms with Gasteiger partial charge in [-0.25, -0.2) is 0 Å². The fourth-order valence-corrected chi connectivity index (χ4v) is 1.10. The predicted octanol–water partition coefficient (Wildman–Crippen LogP) is 1.43. The minimum Gasteiger partial charge on any atom is -0.471 e. The minimum atomic E-state index is 0.375. The monoisotopic (exact) mass is 173 g/mol. The van der Waals surface area contributed by atoms with Crippen LogP contribution in [0.3, 0.4) is 0 Å². The number of hydrogen-bond acceptors (Lipinski definition) is 4. The van der Waals surface area contributed by atoms with Crippen LogP contribution in [-0.4, -0.2) is 13.6 Å². The van der Waals surface area contributed by atoms with Gasteiger partial charge in [0.2, 0.25) is 0 Å². The lowest BCUT2D eigenvalue weighted by atomic mass is 10.5. The Morgan fingerprint density at radius 1 is 1.64 bits per heavy atom. The maximum absolute atomic E-state index is 8.95. The van der Waals surface area contributed by atoms with Gasteiger partial charge in [-0.1, -0.05) is 0 Å². The number of nitrogens with two attached hydrogens (primary N) is 1. The fraction of sp³-hybridized carbons (Fsp3) is 0.286.